The van der Waals surface area contributed by atoms with E-state index in [4.69, 9.17) is 27.6 Å². The van der Waals surface area contributed by atoms with Crippen molar-refractivity contribution >= 4 is 44.4 Å². The van der Waals surface area contributed by atoms with Crippen molar-refractivity contribution < 1.29 is 9.21 Å². The molecule has 16 heavy (non-hydrogen) atoms. The summed E-state index contributed by atoms with van der Waals surface area (Å²) in [4.78, 5) is 10.9. The lowest BCUT2D eigenvalue weighted by molar-refractivity contribution is 0.105. The zero-order chi connectivity index (χ0) is 11.7. The Bertz CT molecular complexity index is 549. The predicted molar refractivity (Wildman–Crippen MR) is 67.0 cm³/mol. The maximum absolute atomic E-state index is 10.9. The molecule has 0 N–H and O–H groups in total. The van der Waals surface area contributed by atoms with E-state index in [-0.39, 0.29) is 5.76 Å². The number of furan rings is 1. The number of hydrogen-bond donors (Lipinski definition) is 0. The molecule has 82 valence electrons. The summed E-state index contributed by atoms with van der Waals surface area (Å²) >= 11 is 14.6. The molecule has 0 bridgehead atoms. The summed E-state index contributed by atoms with van der Waals surface area (Å²) in [6.45, 7) is 0. The lowest BCUT2D eigenvalue weighted by atomic mass is 10.2. The molecule has 2 nitrogen and oxygen atoms in total. The van der Waals surface area contributed by atoms with Crippen LogP contribution in [0.4, 0.5) is 0 Å². The van der Waals surface area contributed by atoms with Crippen LogP contribution in [0.1, 0.15) is 10.6 Å². The van der Waals surface area contributed by atoms with Gasteiger partial charge in [-0.15, -0.1) is 0 Å². The van der Waals surface area contributed by atoms with Gasteiger partial charge >= 0.3 is 0 Å². The van der Waals surface area contributed by atoms with E-state index in [1.165, 1.54) is 6.07 Å². The highest BCUT2D eigenvalue weighted by molar-refractivity contribution is 9.10. The Morgan fingerprint density at radius 1 is 1.25 bits per heavy atom. The van der Waals surface area contributed by atoms with Crippen LogP contribution in [0.3, 0.4) is 0 Å². The quantitative estimate of drug-likeness (QED) is 0.748. The van der Waals surface area contributed by atoms with Gasteiger partial charge in [0.1, 0.15) is 5.76 Å². The van der Waals surface area contributed by atoms with Crippen LogP contribution in [0.15, 0.2) is 39.2 Å². The molecule has 0 fully saturated rings. The first-order valence-corrected chi connectivity index (χ1v) is 5.88. The van der Waals surface area contributed by atoms with Crippen LogP contribution in [-0.2, 0) is 0 Å². The first-order valence-electron chi connectivity index (χ1n) is 4.33. The summed E-state index contributed by atoms with van der Waals surface area (Å²) in [5.41, 5.74) is 0.717. The fraction of sp³-hybridized carbons (Fsp3) is 0. The summed E-state index contributed by atoms with van der Waals surface area (Å²) in [6.07, 6.45) is 0. The third-order valence-electron chi connectivity index (χ3n) is 2.00. The fourth-order valence-electron chi connectivity index (χ4n) is 1.28. The second kappa shape index (κ2) is 4.62. The van der Waals surface area contributed by atoms with E-state index < -0.39 is 5.24 Å². The van der Waals surface area contributed by atoms with Crippen molar-refractivity contribution in [3.8, 4) is 11.3 Å². The lowest BCUT2D eigenvalue weighted by Gasteiger charge is -2.00. The first kappa shape index (κ1) is 11.7. The van der Waals surface area contributed by atoms with Crippen LogP contribution in [0.25, 0.3) is 11.3 Å². The second-order valence-electron chi connectivity index (χ2n) is 3.06. The molecule has 5 heteroatoms. The van der Waals surface area contributed by atoms with E-state index in [2.05, 4.69) is 15.9 Å². The summed E-state index contributed by atoms with van der Waals surface area (Å²) in [5.74, 6) is 0.622. The van der Waals surface area contributed by atoms with E-state index in [1.54, 1.807) is 18.2 Å². The molecule has 0 radical (unpaired) electrons. The predicted octanol–water partition coefficient (Wildman–Crippen LogP) is 4.74. The molecule has 0 aliphatic heterocycles. The van der Waals surface area contributed by atoms with Crippen LogP contribution in [-0.4, -0.2) is 5.24 Å². The van der Waals surface area contributed by atoms with Gasteiger partial charge in [-0.1, -0.05) is 27.5 Å². The molecular formula is C11H5BrCl2O2. The van der Waals surface area contributed by atoms with Crippen LogP contribution in [0.2, 0.25) is 5.02 Å². The standard InChI is InChI=1S/C11H5BrCl2O2/c12-6-1-2-7(8(13)5-6)9-3-4-10(16-9)11(14)15/h1-5H. The minimum Gasteiger partial charge on any atom is -0.452 e. The molecule has 0 atom stereocenters. The highest BCUT2D eigenvalue weighted by atomic mass is 79.9. The summed E-state index contributed by atoms with van der Waals surface area (Å²) in [5, 5.41) is -0.0863. The minimum absolute atomic E-state index is 0.107. The SMILES string of the molecule is O=C(Cl)c1ccc(-c2ccc(Br)cc2Cl)o1. The molecule has 1 aromatic heterocycles. The Morgan fingerprint density at radius 3 is 2.56 bits per heavy atom. The van der Waals surface area contributed by atoms with Gasteiger partial charge in [-0.05, 0) is 41.9 Å². The number of carbonyl (C=O) groups excluding carboxylic acids is 1. The number of hydrogen-bond acceptors (Lipinski definition) is 2. The van der Waals surface area contributed by atoms with Crippen molar-refractivity contribution in [2.45, 2.75) is 0 Å². The monoisotopic (exact) mass is 318 g/mol. The maximum Gasteiger partial charge on any atom is 0.287 e. The van der Waals surface area contributed by atoms with Gasteiger partial charge in [0.2, 0.25) is 0 Å². The maximum atomic E-state index is 10.9. The van der Waals surface area contributed by atoms with Gasteiger partial charge in [-0.3, -0.25) is 4.79 Å². The minimum atomic E-state index is -0.625. The summed E-state index contributed by atoms with van der Waals surface area (Å²) in [7, 11) is 0. The molecule has 0 saturated carbocycles. The van der Waals surface area contributed by atoms with Crippen LogP contribution in [0.5, 0.6) is 0 Å². The zero-order valence-corrected chi connectivity index (χ0v) is 10.9. The Balaban J connectivity index is 2.46. The molecule has 0 aliphatic carbocycles. The van der Waals surface area contributed by atoms with E-state index in [1.807, 2.05) is 6.07 Å². The van der Waals surface area contributed by atoms with Gasteiger partial charge in [0.05, 0.1) is 5.02 Å². The lowest BCUT2D eigenvalue weighted by Crippen LogP contribution is -1.82. The number of rotatable bonds is 2. The molecule has 1 aromatic carbocycles. The molecule has 2 rings (SSSR count). The van der Waals surface area contributed by atoms with Gasteiger partial charge in [0.15, 0.2) is 5.76 Å². The van der Waals surface area contributed by atoms with Crippen LogP contribution >= 0.6 is 39.1 Å². The number of benzene rings is 1. The highest BCUT2D eigenvalue weighted by Gasteiger charge is 2.12. The van der Waals surface area contributed by atoms with E-state index >= 15 is 0 Å². The molecule has 0 unspecified atom stereocenters. The molecular weight excluding hydrogens is 315 g/mol. The van der Waals surface area contributed by atoms with Crippen molar-refractivity contribution in [1.29, 1.82) is 0 Å². The first-order chi connectivity index (χ1) is 7.58. The van der Waals surface area contributed by atoms with Gasteiger partial charge in [-0.2, -0.15) is 0 Å². The van der Waals surface area contributed by atoms with Crippen molar-refractivity contribution in [2.75, 3.05) is 0 Å². The van der Waals surface area contributed by atoms with Crippen LogP contribution < -0.4 is 0 Å². The highest BCUT2D eigenvalue weighted by Crippen LogP contribution is 2.31. The average Bonchev–Trinajstić information content (AvgIpc) is 2.66. The van der Waals surface area contributed by atoms with Gasteiger partial charge in [0, 0.05) is 10.0 Å². The topological polar surface area (TPSA) is 30.2 Å². The molecule has 0 aliphatic rings. The zero-order valence-electron chi connectivity index (χ0n) is 7.84. The fourth-order valence-corrected chi connectivity index (χ4v) is 2.15. The Labute approximate surface area is 110 Å². The van der Waals surface area contributed by atoms with Crippen molar-refractivity contribution in [3.05, 3.63) is 45.6 Å². The van der Waals surface area contributed by atoms with Crippen LogP contribution in [0, 0.1) is 0 Å². The third kappa shape index (κ3) is 2.32. The summed E-state index contributed by atoms with van der Waals surface area (Å²) < 4.78 is 6.15. The normalized spacial score (nSPS) is 10.4. The van der Waals surface area contributed by atoms with Crippen molar-refractivity contribution in [1.82, 2.24) is 0 Å². The Kier molecular flexibility index (Phi) is 3.38. The Hall–Kier alpha value is -0.770. The van der Waals surface area contributed by atoms with E-state index in [9.17, 15) is 4.79 Å². The molecule has 0 amide bonds. The van der Waals surface area contributed by atoms with E-state index in [0.29, 0.717) is 16.3 Å². The average molecular weight is 320 g/mol. The van der Waals surface area contributed by atoms with Gasteiger partial charge in [0.25, 0.3) is 5.24 Å². The van der Waals surface area contributed by atoms with Crippen molar-refractivity contribution in [3.63, 3.8) is 0 Å². The van der Waals surface area contributed by atoms with E-state index in [0.717, 1.165) is 4.47 Å². The molecule has 0 saturated heterocycles. The second-order valence-corrected chi connectivity index (χ2v) is 4.73. The number of carbonyl (C=O) groups is 1. The van der Waals surface area contributed by atoms with Gasteiger partial charge < -0.3 is 4.42 Å². The Morgan fingerprint density at radius 2 is 2.00 bits per heavy atom. The van der Waals surface area contributed by atoms with Gasteiger partial charge in [-0.25, -0.2) is 0 Å². The van der Waals surface area contributed by atoms with Crippen molar-refractivity contribution in [2.24, 2.45) is 0 Å². The smallest absolute Gasteiger partial charge is 0.287 e. The largest absolute Gasteiger partial charge is 0.452 e. The summed E-state index contributed by atoms with van der Waals surface area (Å²) in [6, 6.07) is 8.56. The number of halogens is 3. The molecule has 0 spiro atoms. The molecule has 1 heterocycles. The molecule has 2 aromatic rings. The third-order valence-corrected chi connectivity index (χ3v) is 2.99.